The number of pyridine rings is 1. The summed E-state index contributed by atoms with van der Waals surface area (Å²) in [5.41, 5.74) is -0.569. The molecule has 0 unspecified atom stereocenters. The van der Waals surface area contributed by atoms with E-state index in [-0.39, 0.29) is 45.5 Å². The van der Waals surface area contributed by atoms with Gasteiger partial charge in [0.1, 0.15) is 0 Å². The molecule has 0 spiro atoms. The van der Waals surface area contributed by atoms with Gasteiger partial charge in [-0.05, 0) is 47.0 Å². The van der Waals surface area contributed by atoms with Crippen molar-refractivity contribution in [1.29, 1.82) is 0 Å². The van der Waals surface area contributed by atoms with Crippen LogP contribution in [-0.2, 0) is 12.7 Å². The fourth-order valence-corrected chi connectivity index (χ4v) is 3.52. The first-order chi connectivity index (χ1) is 15.6. The van der Waals surface area contributed by atoms with E-state index in [4.69, 9.17) is 0 Å². The minimum absolute atomic E-state index is 0.0610. The largest absolute Gasteiger partial charge is 0.504 e. The van der Waals surface area contributed by atoms with E-state index in [1.54, 1.807) is 6.07 Å². The number of aliphatic imine (C=N–C) groups is 1. The van der Waals surface area contributed by atoms with Gasteiger partial charge in [0, 0.05) is 17.0 Å². The van der Waals surface area contributed by atoms with Crippen molar-refractivity contribution < 1.29 is 28.5 Å². The van der Waals surface area contributed by atoms with Crippen LogP contribution in [0.5, 0.6) is 17.4 Å². The molecule has 9 heteroatoms. The van der Waals surface area contributed by atoms with Gasteiger partial charge in [-0.2, -0.15) is 13.2 Å². The minimum Gasteiger partial charge on any atom is -0.504 e. The number of hydrogen-bond donors (Lipinski definition) is 4. The average molecular weight is 454 g/mol. The van der Waals surface area contributed by atoms with Crippen LogP contribution in [0, 0.1) is 0 Å². The molecule has 0 saturated carbocycles. The number of H-pyrrole nitrogens is 1. The maximum absolute atomic E-state index is 13.5. The monoisotopic (exact) mass is 454 g/mol. The molecule has 0 atom stereocenters. The molecule has 4 aromatic rings. The number of halogens is 3. The molecule has 4 rings (SSSR count). The molecule has 0 fully saturated rings. The smallest absolute Gasteiger partial charge is 0.417 e. The van der Waals surface area contributed by atoms with E-state index >= 15 is 0 Å². The lowest BCUT2D eigenvalue weighted by atomic mass is 9.96. The summed E-state index contributed by atoms with van der Waals surface area (Å²) in [6, 6.07) is 13.5. The highest BCUT2D eigenvalue weighted by atomic mass is 19.4. The first-order valence-corrected chi connectivity index (χ1v) is 9.71. The zero-order valence-corrected chi connectivity index (χ0v) is 16.9. The fraction of sp³-hybridized carbons (Fsp3) is 0.0833. The molecule has 0 aliphatic heterocycles. The zero-order chi connectivity index (χ0) is 23.8. The Hall–Kier alpha value is -4.27. The molecule has 0 amide bonds. The van der Waals surface area contributed by atoms with Crippen LogP contribution in [-0.4, -0.2) is 26.5 Å². The number of aromatic nitrogens is 1. The van der Waals surface area contributed by atoms with Crippen LogP contribution in [0.4, 0.5) is 13.2 Å². The maximum Gasteiger partial charge on any atom is 0.417 e. The van der Waals surface area contributed by atoms with Gasteiger partial charge in [-0.1, -0.05) is 30.3 Å². The summed E-state index contributed by atoms with van der Waals surface area (Å²) in [6.07, 6.45) is -3.28. The summed E-state index contributed by atoms with van der Waals surface area (Å²) in [5.74, 6) is -1.07. The summed E-state index contributed by atoms with van der Waals surface area (Å²) < 4.78 is 40.5. The van der Waals surface area contributed by atoms with Gasteiger partial charge < -0.3 is 15.3 Å². The van der Waals surface area contributed by atoms with Gasteiger partial charge in [0.25, 0.3) is 5.56 Å². The standard InChI is InChI=1S/C24H17F3N2O4/c25-24(26,27)19-4-2-1-3-15(19)14-6-7-16-17(10-14)18(23(33)29-22(16)32)12-28-11-13-5-8-20(30)21(31)9-13/h1-10,12,30-31H,11H2,(H2,29,32,33). The lowest BCUT2D eigenvalue weighted by Gasteiger charge is -2.14. The Morgan fingerprint density at radius 2 is 1.67 bits per heavy atom. The van der Waals surface area contributed by atoms with E-state index in [2.05, 4.69) is 9.98 Å². The Kier molecular flexibility index (Phi) is 5.55. The molecule has 168 valence electrons. The molecular formula is C24H17F3N2O4. The number of aromatic hydroxyl groups is 3. The van der Waals surface area contributed by atoms with Crippen molar-refractivity contribution in [2.75, 3.05) is 0 Å². The molecule has 1 heterocycles. The second kappa shape index (κ2) is 8.34. The number of aromatic amines is 1. The summed E-state index contributed by atoms with van der Waals surface area (Å²) >= 11 is 0. The molecule has 0 radical (unpaired) electrons. The minimum atomic E-state index is -4.57. The molecular weight excluding hydrogens is 437 g/mol. The van der Waals surface area contributed by atoms with Crippen molar-refractivity contribution >= 4 is 17.0 Å². The van der Waals surface area contributed by atoms with Gasteiger partial charge in [-0.15, -0.1) is 0 Å². The van der Waals surface area contributed by atoms with E-state index in [9.17, 15) is 33.3 Å². The Bertz CT molecular complexity index is 1440. The number of nitrogens with zero attached hydrogens (tertiary/aromatic N) is 1. The van der Waals surface area contributed by atoms with E-state index in [0.29, 0.717) is 5.56 Å². The first-order valence-electron chi connectivity index (χ1n) is 9.71. The predicted molar refractivity (Wildman–Crippen MR) is 118 cm³/mol. The summed E-state index contributed by atoms with van der Waals surface area (Å²) in [5, 5.41) is 29.7. The summed E-state index contributed by atoms with van der Waals surface area (Å²) in [7, 11) is 0. The highest BCUT2D eigenvalue weighted by Gasteiger charge is 2.33. The van der Waals surface area contributed by atoms with Crippen LogP contribution < -0.4 is 5.56 Å². The summed E-state index contributed by atoms with van der Waals surface area (Å²) in [6.45, 7) is 0.0739. The van der Waals surface area contributed by atoms with Crippen molar-refractivity contribution in [3.8, 4) is 28.5 Å². The van der Waals surface area contributed by atoms with Gasteiger partial charge in [-0.25, -0.2) is 0 Å². The Balaban J connectivity index is 1.81. The van der Waals surface area contributed by atoms with Crippen LogP contribution in [0.2, 0.25) is 0 Å². The molecule has 0 aliphatic carbocycles. The van der Waals surface area contributed by atoms with Gasteiger partial charge in [-0.3, -0.25) is 14.8 Å². The Morgan fingerprint density at radius 1 is 0.909 bits per heavy atom. The van der Waals surface area contributed by atoms with Crippen LogP contribution >= 0.6 is 0 Å². The molecule has 1 aromatic heterocycles. The second-order valence-corrected chi connectivity index (χ2v) is 7.31. The number of alkyl halides is 3. The average Bonchev–Trinajstić information content (AvgIpc) is 2.77. The lowest BCUT2D eigenvalue weighted by Crippen LogP contribution is -2.09. The number of nitrogens with one attached hydrogen (secondary N) is 1. The van der Waals surface area contributed by atoms with Crippen LogP contribution in [0.15, 0.2) is 70.5 Å². The third kappa shape index (κ3) is 4.38. The SMILES string of the molecule is O=c1[nH]c(O)c(C=NCc2ccc(O)c(O)c2)c2cc(-c3ccccc3C(F)(F)F)ccc12. The number of rotatable bonds is 4. The Morgan fingerprint density at radius 3 is 2.39 bits per heavy atom. The number of hydrogen-bond acceptors (Lipinski definition) is 5. The highest BCUT2D eigenvalue weighted by molar-refractivity contribution is 6.03. The van der Waals surface area contributed by atoms with E-state index < -0.39 is 23.2 Å². The molecule has 6 nitrogen and oxygen atoms in total. The van der Waals surface area contributed by atoms with Crippen LogP contribution in [0.1, 0.15) is 16.7 Å². The van der Waals surface area contributed by atoms with E-state index in [1.807, 2.05) is 0 Å². The number of fused-ring (bicyclic) bond motifs is 1. The quantitative estimate of drug-likeness (QED) is 0.259. The fourth-order valence-electron chi connectivity index (χ4n) is 3.52. The number of benzene rings is 3. The van der Waals surface area contributed by atoms with Crippen molar-refractivity contribution in [3.05, 3.63) is 87.7 Å². The summed E-state index contributed by atoms with van der Waals surface area (Å²) in [4.78, 5) is 18.8. The van der Waals surface area contributed by atoms with Crippen LogP contribution in [0.25, 0.3) is 21.9 Å². The van der Waals surface area contributed by atoms with Crippen molar-refractivity contribution in [2.24, 2.45) is 4.99 Å². The highest BCUT2D eigenvalue weighted by Crippen LogP contribution is 2.38. The molecule has 4 N–H and O–H groups in total. The lowest BCUT2D eigenvalue weighted by molar-refractivity contribution is -0.137. The third-order valence-electron chi connectivity index (χ3n) is 5.12. The topological polar surface area (TPSA) is 106 Å². The molecule has 0 aliphatic rings. The third-order valence-corrected chi connectivity index (χ3v) is 5.12. The van der Waals surface area contributed by atoms with Crippen molar-refractivity contribution in [3.63, 3.8) is 0 Å². The van der Waals surface area contributed by atoms with Gasteiger partial charge >= 0.3 is 6.18 Å². The molecule has 33 heavy (non-hydrogen) atoms. The van der Waals surface area contributed by atoms with E-state index in [1.165, 1.54) is 54.7 Å². The number of phenols is 2. The van der Waals surface area contributed by atoms with Crippen molar-refractivity contribution in [2.45, 2.75) is 12.7 Å². The molecule has 0 bridgehead atoms. The first kappa shape index (κ1) is 21.9. The predicted octanol–water partition coefficient (Wildman–Crippen LogP) is 4.95. The Labute approximate surface area is 184 Å². The zero-order valence-electron chi connectivity index (χ0n) is 16.9. The molecule has 0 saturated heterocycles. The van der Waals surface area contributed by atoms with E-state index in [0.717, 1.165) is 6.07 Å². The number of phenolic OH excluding ortho intramolecular Hbond substituents is 2. The van der Waals surface area contributed by atoms with Crippen LogP contribution in [0.3, 0.4) is 0 Å². The maximum atomic E-state index is 13.5. The van der Waals surface area contributed by atoms with Gasteiger partial charge in [0.05, 0.1) is 17.7 Å². The molecule has 3 aromatic carbocycles. The second-order valence-electron chi connectivity index (χ2n) is 7.31. The normalized spacial score (nSPS) is 12.0. The van der Waals surface area contributed by atoms with Crippen molar-refractivity contribution in [1.82, 2.24) is 4.98 Å². The van der Waals surface area contributed by atoms with Gasteiger partial charge in [0.15, 0.2) is 11.5 Å². The van der Waals surface area contributed by atoms with Gasteiger partial charge in [0.2, 0.25) is 5.88 Å².